The second-order valence-corrected chi connectivity index (χ2v) is 5.64. The van der Waals surface area contributed by atoms with Crippen LogP contribution >= 0.6 is 23.2 Å². The highest BCUT2D eigenvalue weighted by molar-refractivity contribution is 6.43. The number of aromatic nitrogens is 1. The van der Waals surface area contributed by atoms with E-state index in [1.54, 1.807) is 24.3 Å². The number of anilines is 2. The van der Waals surface area contributed by atoms with Gasteiger partial charge >= 0.3 is 5.97 Å². The lowest BCUT2D eigenvalue weighted by atomic mass is 10.1. The summed E-state index contributed by atoms with van der Waals surface area (Å²) in [5, 5.41) is 13.0. The maximum atomic E-state index is 11.2. The van der Waals surface area contributed by atoms with Gasteiger partial charge < -0.3 is 10.4 Å². The van der Waals surface area contributed by atoms with Gasteiger partial charge in [-0.25, -0.2) is 9.78 Å². The smallest absolute Gasteiger partial charge is 0.335 e. The van der Waals surface area contributed by atoms with Crippen LogP contribution in [-0.2, 0) is 0 Å². The van der Waals surface area contributed by atoms with E-state index in [9.17, 15) is 9.90 Å². The second kappa shape index (κ2) is 6.33. The quantitative estimate of drug-likeness (QED) is 0.834. The highest BCUT2D eigenvalue weighted by atomic mass is 35.5. The predicted octanol–water partition coefficient (Wildman–Crippen LogP) is 4.95. The molecule has 0 radical (unpaired) electrons. The van der Waals surface area contributed by atoms with Crippen LogP contribution in [0.5, 0.6) is 0 Å². The molecule has 0 bridgehead atoms. The zero-order valence-corrected chi connectivity index (χ0v) is 13.0. The van der Waals surface area contributed by atoms with E-state index in [0.29, 0.717) is 27.2 Å². The van der Waals surface area contributed by atoms with E-state index in [-0.39, 0.29) is 11.5 Å². The summed E-state index contributed by atoms with van der Waals surface area (Å²) in [6.45, 7) is 3.90. The molecule has 110 valence electrons. The van der Waals surface area contributed by atoms with E-state index in [1.165, 1.54) is 6.07 Å². The minimum Gasteiger partial charge on any atom is -0.478 e. The van der Waals surface area contributed by atoms with E-state index in [1.807, 2.05) is 13.8 Å². The van der Waals surface area contributed by atoms with E-state index in [0.717, 1.165) is 0 Å². The third-order valence-electron chi connectivity index (χ3n) is 2.90. The van der Waals surface area contributed by atoms with Gasteiger partial charge in [0.2, 0.25) is 0 Å². The summed E-state index contributed by atoms with van der Waals surface area (Å²) >= 11 is 12.1. The SMILES string of the molecule is CC(C)c1cc(C(=O)O)cc(Nc2cccc(Cl)c2Cl)n1. The number of aromatic carboxylic acids is 1. The van der Waals surface area contributed by atoms with Crippen LogP contribution in [-0.4, -0.2) is 16.1 Å². The third-order valence-corrected chi connectivity index (χ3v) is 3.72. The molecule has 0 spiro atoms. The molecule has 0 fully saturated rings. The van der Waals surface area contributed by atoms with Gasteiger partial charge in [0.25, 0.3) is 0 Å². The fourth-order valence-corrected chi connectivity index (χ4v) is 2.12. The summed E-state index contributed by atoms with van der Waals surface area (Å²) in [5.41, 5.74) is 1.44. The number of benzene rings is 1. The summed E-state index contributed by atoms with van der Waals surface area (Å²) in [4.78, 5) is 15.6. The van der Waals surface area contributed by atoms with Crippen molar-refractivity contribution in [1.29, 1.82) is 0 Å². The molecule has 0 amide bonds. The van der Waals surface area contributed by atoms with Crippen molar-refractivity contribution in [3.8, 4) is 0 Å². The van der Waals surface area contributed by atoms with Gasteiger partial charge in [-0.2, -0.15) is 0 Å². The Hall–Kier alpha value is -1.78. The fourth-order valence-electron chi connectivity index (χ4n) is 1.77. The summed E-state index contributed by atoms with van der Waals surface area (Å²) in [7, 11) is 0. The number of carbonyl (C=O) groups is 1. The van der Waals surface area contributed by atoms with Crippen molar-refractivity contribution in [2.45, 2.75) is 19.8 Å². The number of nitrogens with zero attached hydrogens (tertiary/aromatic N) is 1. The molecular weight excluding hydrogens is 311 g/mol. The van der Waals surface area contributed by atoms with Gasteiger partial charge in [-0.3, -0.25) is 0 Å². The average molecular weight is 325 g/mol. The van der Waals surface area contributed by atoms with Crippen LogP contribution in [0.1, 0.15) is 35.8 Å². The highest BCUT2D eigenvalue weighted by Gasteiger charge is 2.12. The third kappa shape index (κ3) is 3.65. The minimum absolute atomic E-state index is 0.111. The number of hydrogen-bond donors (Lipinski definition) is 2. The molecule has 21 heavy (non-hydrogen) atoms. The molecule has 6 heteroatoms. The van der Waals surface area contributed by atoms with Gasteiger partial charge in [0.1, 0.15) is 5.82 Å². The topological polar surface area (TPSA) is 62.2 Å². The Kier molecular flexibility index (Phi) is 4.70. The van der Waals surface area contributed by atoms with Crippen molar-refractivity contribution in [1.82, 2.24) is 4.98 Å². The molecule has 4 nitrogen and oxygen atoms in total. The van der Waals surface area contributed by atoms with Crippen LogP contribution in [0.4, 0.5) is 11.5 Å². The molecule has 0 aliphatic heterocycles. The Morgan fingerprint density at radius 2 is 2.00 bits per heavy atom. The maximum Gasteiger partial charge on any atom is 0.335 e. The lowest BCUT2D eigenvalue weighted by Gasteiger charge is -2.12. The molecule has 0 atom stereocenters. The number of halogens is 2. The van der Waals surface area contributed by atoms with Crippen molar-refractivity contribution in [3.05, 3.63) is 51.6 Å². The molecule has 0 aliphatic rings. The van der Waals surface area contributed by atoms with E-state index < -0.39 is 5.97 Å². The molecule has 0 saturated carbocycles. The zero-order chi connectivity index (χ0) is 15.6. The van der Waals surface area contributed by atoms with Gasteiger partial charge in [-0.05, 0) is 30.2 Å². The summed E-state index contributed by atoms with van der Waals surface area (Å²) < 4.78 is 0. The first-order valence-corrected chi connectivity index (χ1v) is 7.10. The predicted molar refractivity (Wildman–Crippen MR) is 85.0 cm³/mol. The van der Waals surface area contributed by atoms with Crippen molar-refractivity contribution >= 4 is 40.7 Å². The molecule has 2 aromatic rings. The normalized spacial score (nSPS) is 10.7. The van der Waals surface area contributed by atoms with Crippen molar-refractivity contribution in [2.24, 2.45) is 0 Å². The molecule has 2 rings (SSSR count). The minimum atomic E-state index is -1.00. The molecule has 2 N–H and O–H groups in total. The molecule has 1 heterocycles. The number of hydrogen-bond acceptors (Lipinski definition) is 3. The Morgan fingerprint density at radius 3 is 2.62 bits per heavy atom. The van der Waals surface area contributed by atoms with E-state index in [2.05, 4.69) is 10.3 Å². The Morgan fingerprint density at radius 1 is 1.29 bits per heavy atom. The largest absolute Gasteiger partial charge is 0.478 e. The fraction of sp³-hybridized carbons (Fsp3) is 0.200. The van der Waals surface area contributed by atoms with Gasteiger partial charge in [0.05, 0.1) is 21.3 Å². The number of carboxylic acids is 1. The Bertz CT molecular complexity index is 687. The summed E-state index contributed by atoms with van der Waals surface area (Å²) in [6, 6.07) is 8.21. The number of pyridine rings is 1. The first kappa shape index (κ1) is 15.6. The lowest BCUT2D eigenvalue weighted by Crippen LogP contribution is -2.05. The highest BCUT2D eigenvalue weighted by Crippen LogP contribution is 2.31. The summed E-state index contributed by atoms with van der Waals surface area (Å²) in [5.74, 6) is -0.470. The monoisotopic (exact) mass is 324 g/mol. The van der Waals surface area contributed by atoms with Crippen molar-refractivity contribution in [3.63, 3.8) is 0 Å². The van der Waals surface area contributed by atoms with Crippen molar-refractivity contribution in [2.75, 3.05) is 5.32 Å². The van der Waals surface area contributed by atoms with Crippen LogP contribution in [0.2, 0.25) is 10.0 Å². The lowest BCUT2D eigenvalue weighted by molar-refractivity contribution is 0.0696. The van der Waals surface area contributed by atoms with Crippen LogP contribution in [0, 0.1) is 0 Å². The first-order chi connectivity index (χ1) is 9.88. The van der Waals surface area contributed by atoms with Crippen LogP contribution in [0.15, 0.2) is 30.3 Å². The van der Waals surface area contributed by atoms with Crippen molar-refractivity contribution < 1.29 is 9.90 Å². The number of carboxylic acid groups (broad SMARTS) is 1. The van der Waals surface area contributed by atoms with Crippen LogP contribution < -0.4 is 5.32 Å². The second-order valence-electron chi connectivity index (χ2n) is 4.85. The van der Waals surface area contributed by atoms with Crippen LogP contribution in [0.3, 0.4) is 0 Å². The molecule has 1 aromatic heterocycles. The maximum absolute atomic E-state index is 11.2. The van der Waals surface area contributed by atoms with Gasteiger partial charge in [0, 0.05) is 5.69 Å². The van der Waals surface area contributed by atoms with Gasteiger partial charge in [-0.1, -0.05) is 43.1 Å². The number of nitrogens with one attached hydrogen (secondary N) is 1. The van der Waals surface area contributed by atoms with Gasteiger partial charge in [0.15, 0.2) is 0 Å². The summed E-state index contributed by atoms with van der Waals surface area (Å²) in [6.07, 6.45) is 0. The standard InChI is InChI=1S/C15H14Cl2N2O2/c1-8(2)12-6-9(15(20)21)7-13(19-12)18-11-5-3-4-10(16)14(11)17/h3-8H,1-2H3,(H,18,19)(H,20,21). The number of rotatable bonds is 4. The van der Waals surface area contributed by atoms with E-state index >= 15 is 0 Å². The zero-order valence-electron chi connectivity index (χ0n) is 11.5. The molecule has 1 aromatic carbocycles. The Balaban J connectivity index is 2.43. The molecular formula is C15H14Cl2N2O2. The Labute approximate surface area is 132 Å². The molecule has 0 saturated heterocycles. The first-order valence-electron chi connectivity index (χ1n) is 6.35. The molecule has 0 unspecified atom stereocenters. The molecule has 0 aliphatic carbocycles. The average Bonchev–Trinajstić information content (AvgIpc) is 2.43. The van der Waals surface area contributed by atoms with Gasteiger partial charge in [-0.15, -0.1) is 0 Å². The van der Waals surface area contributed by atoms with Crippen LogP contribution in [0.25, 0.3) is 0 Å². The van der Waals surface area contributed by atoms with E-state index in [4.69, 9.17) is 23.2 Å².